The molecule has 0 radical (unpaired) electrons. The number of ether oxygens (including phenoxy) is 2. The number of hydrogen-bond donors (Lipinski definition) is 2. The first-order chi connectivity index (χ1) is 18.3. The molecule has 4 rings (SSSR count). The van der Waals surface area contributed by atoms with E-state index in [2.05, 4.69) is 44.5 Å². The maximum atomic E-state index is 13.1. The lowest BCUT2D eigenvalue weighted by Crippen LogP contribution is -2.27. The molecule has 194 valence electrons. The third kappa shape index (κ3) is 5.69. The van der Waals surface area contributed by atoms with Crippen molar-refractivity contribution in [2.75, 3.05) is 28.3 Å². The maximum absolute atomic E-state index is 13.1. The summed E-state index contributed by atoms with van der Waals surface area (Å²) < 4.78 is 10.7. The smallest absolute Gasteiger partial charge is 0.262 e. The molecule has 2 heterocycles. The SMILES string of the molecule is COc1ccc([C@@H](C)NC(=O)/C(C#N)=C/c2c[nH]c3nccc(-c4cccc(CN(C)C)c4)c23)cc1OC. The number of nitriles is 1. The summed E-state index contributed by atoms with van der Waals surface area (Å²) in [7, 11) is 7.20. The van der Waals surface area contributed by atoms with Gasteiger partial charge in [0.05, 0.1) is 20.3 Å². The summed E-state index contributed by atoms with van der Waals surface area (Å²) in [4.78, 5) is 22.9. The number of rotatable bonds is 9. The van der Waals surface area contributed by atoms with Gasteiger partial charge in [0.15, 0.2) is 11.5 Å². The minimum Gasteiger partial charge on any atom is -0.493 e. The van der Waals surface area contributed by atoms with Crippen LogP contribution >= 0.6 is 0 Å². The Labute approximate surface area is 222 Å². The lowest BCUT2D eigenvalue weighted by molar-refractivity contribution is -0.117. The molecule has 0 spiro atoms. The number of aromatic amines is 1. The minimum absolute atomic E-state index is 0.00520. The number of pyridine rings is 1. The second kappa shape index (κ2) is 11.6. The molecule has 0 saturated heterocycles. The lowest BCUT2D eigenvalue weighted by atomic mass is 9.98. The molecule has 0 saturated carbocycles. The number of hydrogen-bond acceptors (Lipinski definition) is 6. The Bertz CT molecular complexity index is 1530. The Morgan fingerprint density at radius 1 is 1.16 bits per heavy atom. The molecule has 2 aromatic carbocycles. The summed E-state index contributed by atoms with van der Waals surface area (Å²) in [6, 6.07) is 17.4. The van der Waals surface area contributed by atoms with Gasteiger partial charge < -0.3 is 24.7 Å². The largest absolute Gasteiger partial charge is 0.493 e. The zero-order valence-electron chi connectivity index (χ0n) is 22.2. The number of nitrogens with zero attached hydrogens (tertiary/aromatic N) is 3. The van der Waals surface area contributed by atoms with Crippen molar-refractivity contribution < 1.29 is 14.3 Å². The number of carbonyl (C=O) groups is 1. The zero-order valence-corrected chi connectivity index (χ0v) is 22.2. The summed E-state index contributed by atoms with van der Waals surface area (Å²) in [6.07, 6.45) is 5.13. The number of carbonyl (C=O) groups excluding carboxylic acids is 1. The number of methoxy groups -OCH3 is 2. The summed E-state index contributed by atoms with van der Waals surface area (Å²) in [5.74, 6) is 0.696. The molecule has 8 heteroatoms. The van der Waals surface area contributed by atoms with Crippen molar-refractivity contribution in [3.8, 4) is 28.7 Å². The second-order valence-corrected chi connectivity index (χ2v) is 9.24. The van der Waals surface area contributed by atoms with E-state index in [1.807, 2.05) is 45.3 Å². The molecule has 0 aliphatic heterocycles. The van der Waals surface area contributed by atoms with Crippen molar-refractivity contribution in [2.24, 2.45) is 0 Å². The first-order valence-electron chi connectivity index (χ1n) is 12.2. The van der Waals surface area contributed by atoms with Crippen molar-refractivity contribution in [3.63, 3.8) is 0 Å². The van der Waals surface area contributed by atoms with Crippen LogP contribution in [-0.4, -0.2) is 49.1 Å². The average molecular weight is 510 g/mol. The van der Waals surface area contributed by atoms with Gasteiger partial charge >= 0.3 is 0 Å². The Morgan fingerprint density at radius 2 is 1.95 bits per heavy atom. The molecule has 0 fully saturated rings. The normalized spacial score (nSPS) is 12.3. The molecule has 4 aromatic rings. The van der Waals surface area contributed by atoms with Crippen LogP contribution in [0.4, 0.5) is 0 Å². The third-order valence-electron chi connectivity index (χ3n) is 6.26. The van der Waals surface area contributed by atoms with Gasteiger partial charge in [-0.1, -0.05) is 24.3 Å². The van der Waals surface area contributed by atoms with E-state index >= 15 is 0 Å². The van der Waals surface area contributed by atoms with Gasteiger partial charge in [-0.15, -0.1) is 0 Å². The first kappa shape index (κ1) is 26.5. The number of H-pyrrole nitrogens is 1. The fraction of sp³-hybridized carbons (Fsp3) is 0.233. The molecule has 1 amide bonds. The maximum Gasteiger partial charge on any atom is 0.262 e. The van der Waals surface area contributed by atoms with E-state index in [0.29, 0.717) is 22.7 Å². The Kier molecular flexibility index (Phi) is 8.09. The molecule has 38 heavy (non-hydrogen) atoms. The van der Waals surface area contributed by atoms with Crippen molar-refractivity contribution in [1.29, 1.82) is 5.26 Å². The summed E-state index contributed by atoms with van der Waals surface area (Å²) in [6.45, 7) is 2.67. The van der Waals surface area contributed by atoms with E-state index < -0.39 is 5.91 Å². The molecule has 2 aromatic heterocycles. The molecular weight excluding hydrogens is 478 g/mol. The van der Waals surface area contributed by atoms with Crippen LogP contribution in [0, 0.1) is 11.3 Å². The van der Waals surface area contributed by atoms with Crippen LogP contribution in [0.5, 0.6) is 11.5 Å². The summed E-state index contributed by atoms with van der Waals surface area (Å²) in [5.41, 5.74) is 5.41. The standard InChI is InChI=1S/C30H31N5O3/c1-19(21-9-10-26(37-4)27(15-21)38-5)34-30(36)23(16-31)14-24-17-33-29-28(24)25(11-12-32-29)22-8-6-7-20(13-22)18-35(2)3/h6-15,17,19H,18H2,1-5H3,(H,32,33)(H,34,36)/b23-14+/t19-/m1/s1. The van der Waals surface area contributed by atoms with Crippen LogP contribution in [0.3, 0.4) is 0 Å². The topological polar surface area (TPSA) is 103 Å². The van der Waals surface area contributed by atoms with Gasteiger partial charge in [0.2, 0.25) is 0 Å². The van der Waals surface area contributed by atoms with Gasteiger partial charge in [-0.25, -0.2) is 4.98 Å². The van der Waals surface area contributed by atoms with Crippen molar-refractivity contribution in [1.82, 2.24) is 20.2 Å². The van der Waals surface area contributed by atoms with E-state index in [1.54, 1.807) is 38.8 Å². The molecule has 1 atom stereocenters. The predicted octanol–water partition coefficient (Wildman–Crippen LogP) is 5.09. The van der Waals surface area contributed by atoms with Crippen LogP contribution < -0.4 is 14.8 Å². The van der Waals surface area contributed by atoms with Gasteiger partial charge in [0, 0.05) is 29.9 Å². The summed E-state index contributed by atoms with van der Waals surface area (Å²) >= 11 is 0. The van der Waals surface area contributed by atoms with E-state index in [0.717, 1.165) is 28.6 Å². The van der Waals surface area contributed by atoms with Crippen LogP contribution in [-0.2, 0) is 11.3 Å². The Hall–Kier alpha value is -4.61. The first-order valence-corrected chi connectivity index (χ1v) is 12.2. The minimum atomic E-state index is -0.470. The van der Waals surface area contributed by atoms with Crippen LogP contribution in [0.15, 0.2) is 66.5 Å². The molecule has 0 unspecified atom stereocenters. The van der Waals surface area contributed by atoms with E-state index in [9.17, 15) is 10.1 Å². The highest BCUT2D eigenvalue weighted by Gasteiger charge is 2.18. The molecule has 8 nitrogen and oxygen atoms in total. The third-order valence-corrected chi connectivity index (χ3v) is 6.26. The van der Waals surface area contributed by atoms with Crippen LogP contribution in [0.2, 0.25) is 0 Å². The van der Waals surface area contributed by atoms with Gasteiger partial charge in [-0.05, 0) is 73.6 Å². The van der Waals surface area contributed by atoms with E-state index in [-0.39, 0.29) is 11.6 Å². The van der Waals surface area contributed by atoms with Crippen molar-refractivity contribution in [2.45, 2.75) is 19.5 Å². The predicted molar refractivity (Wildman–Crippen MR) is 149 cm³/mol. The number of amides is 1. The number of aromatic nitrogens is 2. The van der Waals surface area contributed by atoms with Crippen molar-refractivity contribution >= 4 is 23.0 Å². The molecule has 0 bridgehead atoms. The molecular formula is C30H31N5O3. The van der Waals surface area contributed by atoms with Gasteiger partial charge in [-0.2, -0.15) is 5.26 Å². The summed E-state index contributed by atoms with van der Waals surface area (Å²) in [5, 5.41) is 13.6. The fourth-order valence-electron chi connectivity index (χ4n) is 4.42. The van der Waals surface area contributed by atoms with Gasteiger partial charge in [-0.3, -0.25) is 4.79 Å². The number of fused-ring (bicyclic) bond motifs is 1. The van der Waals surface area contributed by atoms with Gasteiger partial charge in [0.1, 0.15) is 17.3 Å². The zero-order chi connectivity index (χ0) is 27.2. The lowest BCUT2D eigenvalue weighted by Gasteiger charge is -2.16. The second-order valence-electron chi connectivity index (χ2n) is 9.24. The number of nitrogens with one attached hydrogen (secondary N) is 2. The molecule has 0 aliphatic rings. The fourth-order valence-corrected chi connectivity index (χ4v) is 4.42. The van der Waals surface area contributed by atoms with Gasteiger partial charge in [0.25, 0.3) is 5.91 Å². The highest BCUT2D eigenvalue weighted by molar-refractivity contribution is 6.06. The Balaban J connectivity index is 1.65. The molecule has 0 aliphatic carbocycles. The number of benzene rings is 2. The van der Waals surface area contributed by atoms with E-state index in [4.69, 9.17) is 9.47 Å². The Morgan fingerprint density at radius 3 is 2.66 bits per heavy atom. The quantitative estimate of drug-likeness (QED) is 0.241. The highest BCUT2D eigenvalue weighted by Crippen LogP contribution is 2.32. The van der Waals surface area contributed by atoms with Crippen molar-refractivity contribution in [3.05, 3.63) is 83.2 Å². The highest BCUT2D eigenvalue weighted by atomic mass is 16.5. The van der Waals surface area contributed by atoms with Crippen LogP contribution in [0.25, 0.3) is 28.2 Å². The van der Waals surface area contributed by atoms with E-state index in [1.165, 1.54) is 5.56 Å². The monoisotopic (exact) mass is 509 g/mol. The molecule has 2 N–H and O–H groups in total. The van der Waals surface area contributed by atoms with Crippen LogP contribution in [0.1, 0.15) is 29.7 Å². The average Bonchev–Trinajstić information content (AvgIpc) is 3.33.